The van der Waals surface area contributed by atoms with Gasteiger partial charge in [-0.05, 0) is 47.5 Å². The number of nitrogens with zero attached hydrogens (tertiary/aromatic N) is 2. The first kappa shape index (κ1) is 16.8. The van der Waals surface area contributed by atoms with E-state index in [9.17, 15) is 8.78 Å². The van der Waals surface area contributed by atoms with E-state index in [0.717, 1.165) is 0 Å². The molecular weight excluding hydrogens is 402 g/mol. The van der Waals surface area contributed by atoms with Gasteiger partial charge in [0.2, 0.25) is 11.8 Å². The van der Waals surface area contributed by atoms with Gasteiger partial charge in [-0.15, -0.1) is 10.2 Å². The second kappa shape index (κ2) is 7.23. The summed E-state index contributed by atoms with van der Waals surface area (Å²) in [4.78, 5) is 0. The van der Waals surface area contributed by atoms with E-state index in [1.165, 1.54) is 24.3 Å². The molecule has 0 N–H and O–H groups in total. The van der Waals surface area contributed by atoms with Crippen LogP contribution in [0.25, 0.3) is 12.2 Å². The van der Waals surface area contributed by atoms with Crippen LogP contribution < -0.4 is 0 Å². The molecule has 2 aromatic carbocycles. The van der Waals surface area contributed by atoms with Crippen LogP contribution in [0.3, 0.4) is 0 Å². The first-order chi connectivity index (χ1) is 11.5. The van der Waals surface area contributed by atoms with Crippen LogP contribution in [0.1, 0.15) is 22.9 Å². The van der Waals surface area contributed by atoms with E-state index in [0.29, 0.717) is 27.9 Å². The highest BCUT2D eigenvalue weighted by molar-refractivity contribution is 9.10. The zero-order chi connectivity index (χ0) is 17.1. The van der Waals surface area contributed by atoms with E-state index >= 15 is 0 Å². The first-order valence-corrected chi connectivity index (χ1v) is 8.07. The predicted octanol–water partition coefficient (Wildman–Crippen LogP) is 5.52. The van der Waals surface area contributed by atoms with Crippen LogP contribution >= 0.6 is 27.5 Å². The van der Waals surface area contributed by atoms with E-state index < -0.39 is 5.82 Å². The Morgan fingerprint density at radius 3 is 2.62 bits per heavy atom. The fourth-order valence-electron chi connectivity index (χ4n) is 2.09. The molecule has 0 aliphatic heterocycles. The molecule has 7 heteroatoms. The summed E-state index contributed by atoms with van der Waals surface area (Å²) in [7, 11) is 0. The molecule has 1 heterocycles. The Balaban J connectivity index is 1.74. The monoisotopic (exact) mass is 410 g/mol. The number of halogens is 4. The van der Waals surface area contributed by atoms with Gasteiger partial charge in [-0.25, -0.2) is 8.78 Å². The lowest BCUT2D eigenvalue weighted by Crippen LogP contribution is -1.90. The van der Waals surface area contributed by atoms with Gasteiger partial charge in [0.15, 0.2) is 0 Å². The number of hydrogen-bond donors (Lipinski definition) is 0. The molecule has 3 aromatic rings. The first-order valence-electron chi connectivity index (χ1n) is 6.90. The number of rotatable bonds is 4. The SMILES string of the molecule is Fc1cc(Br)cc(Cc2nnc(C=Cc3ccc(F)cc3Cl)o2)c1. The predicted molar refractivity (Wildman–Crippen MR) is 91.5 cm³/mol. The van der Waals surface area contributed by atoms with E-state index in [1.807, 2.05) is 0 Å². The second-order valence-corrected chi connectivity index (χ2v) is 6.31. The van der Waals surface area contributed by atoms with Gasteiger partial charge in [-0.3, -0.25) is 0 Å². The second-order valence-electron chi connectivity index (χ2n) is 4.99. The van der Waals surface area contributed by atoms with Gasteiger partial charge in [-0.2, -0.15) is 0 Å². The summed E-state index contributed by atoms with van der Waals surface area (Å²) >= 11 is 9.18. The van der Waals surface area contributed by atoms with E-state index in [2.05, 4.69) is 26.1 Å². The lowest BCUT2D eigenvalue weighted by Gasteiger charge is -1.99. The Morgan fingerprint density at radius 1 is 1.04 bits per heavy atom. The van der Waals surface area contributed by atoms with Crippen LogP contribution in [0.5, 0.6) is 0 Å². The van der Waals surface area contributed by atoms with Gasteiger partial charge in [0.1, 0.15) is 11.6 Å². The molecule has 0 atom stereocenters. The minimum absolute atomic E-state index is 0.279. The number of aromatic nitrogens is 2. The Morgan fingerprint density at radius 2 is 1.88 bits per heavy atom. The van der Waals surface area contributed by atoms with Gasteiger partial charge in [-0.1, -0.05) is 33.6 Å². The Kier molecular flexibility index (Phi) is 5.06. The lowest BCUT2D eigenvalue weighted by atomic mass is 10.1. The Labute approximate surface area is 150 Å². The molecule has 122 valence electrons. The van der Waals surface area contributed by atoms with Crippen molar-refractivity contribution in [3.63, 3.8) is 0 Å². The maximum atomic E-state index is 13.4. The summed E-state index contributed by atoms with van der Waals surface area (Å²) in [5, 5.41) is 8.10. The Bertz CT molecular complexity index is 891. The molecule has 0 aliphatic carbocycles. The fourth-order valence-corrected chi connectivity index (χ4v) is 2.83. The molecule has 0 radical (unpaired) electrons. The summed E-state index contributed by atoms with van der Waals surface area (Å²) in [6, 6.07) is 8.65. The third-order valence-corrected chi connectivity index (χ3v) is 3.91. The van der Waals surface area contributed by atoms with E-state index in [4.69, 9.17) is 16.0 Å². The molecule has 1 aromatic heterocycles. The molecule has 0 saturated heterocycles. The van der Waals surface area contributed by atoms with Crippen molar-refractivity contribution in [2.24, 2.45) is 0 Å². The zero-order valence-electron chi connectivity index (χ0n) is 12.1. The van der Waals surface area contributed by atoms with Crippen LogP contribution in [0.2, 0.25) is 5.02 Å². The molecule has 0 amide bonds. The zero-order valence-corrected chi connectivity index (χ0v) is 14.5. The summed E-state index contributed by atoms with van der Waals surface area (Å²) in [5.74, 6) is -0.110. The van der Waals surface area contributed by atoms with Crippen molar-refractivity contribution in [3.05, 3.63) is 80.4 Å². The summed E-state index contributed by atoms with van der Waals surface area (Å²) < 4.78 is 32.5. The van der Waals surface area contributed by atoms with E-state index in [1.54, 1.807) is 24.3 Å². The minimum Gasteiger partial charge on any atom is -0.421 e. The largest absolute Gasteiger partial charge is 0.421 e. The molecular formula is C17H10BrClF2N2O. The van der Waals surface area contributed by atoms with Crippen molar-refractivity contribution in [1.29, 1.82) is 0 Å². The molecule has 0 bridgehead atoms. The summed E-state index contributed by atoms with van der Waals surface area (Å²) in [5.41, 5.74) is 1.34. The van der Waals surface area contributed by atoms with Crippen molar-refractivity contribution in [2.75, 3.05) is 0 Å². The molecule has 3 nitrogen and oxygen atoms in total. The fraction of sp³-hybridized carbons (Fsp3) is 0.0588. The van der Waals surface area contributed by atoms with Crippen molar-refractivity contribution < 1.29 is 13.2 Å². The maximum Gasteiger partial charge on any atom is 0.240 e. The van der Waals surface area contributed by atoms with Crippen LogP contribution in [0.15, 0.2) is 45.3 Å². The number of hydrogen-bond acceptors (Lipinski definition) is 3. The maximum absolute atomic E-state index is 13.4. The average Bonchev–Trinajstić information content (AvgIpc) is 2.92. The molecule has 0 fully saturated rings. The third kappa shape index (κ3) is 4.27. The van der Waals surface area contributed by atoms with Crippen LogP contribution in [-0.4, -0.2) is 10.2 Å². The highest BCUT2D eigenvalue weighted by Gasteiger charge is 2.07. The molecule has 0 spiro atoms. The molecule has 3 rings (SSSR count). The molecule has 0 unspecified atom stereocenters. The van der Waals surface area contributed by atoms with Crippen LogP contribution in [0.4, 0.5) is 8.78 Å². The number of benzene rings is 2. The quantitative estimate of drug-likeness (QED) is 0.567. The summed E-state index contributed by atoms with van der Waals surface area (Å²) in [6.07, 6.45) is 3.55. The highest BCUT2D eigenvalue weighted by atomic mass is 79.9. The average molecular weight is 412 g/mol. The smallest absolute Gasteiger partial charge is 0.240 e. The van der Waals surface area contributed by atoms with Gasteiger partial charge in [0, 0.05) is 10.5 Å². The van der Waals surface area contributed by atoms with Gasteiger partial charge in [0.25, 0.3) is 0 Å². The van der Waals surface area contributed by atoms with Crippen molar-refractivity contribution >= 4 is 39.7 Å². The highest BCUT2D eigenvalue weighted by Crippen LogP contribution is 2.20. The van der Waals surface area contributed by atoms with Crippen molar-refractivity contribution in [3.8, 4) is 0 Å². The van der Waals surface area contributed by atoms with Crippen molar-refractivity contribution in [1.82, 2.24) is 10.2 Å². The summed E-state index contributed by atoms with van der Waals surface area (Å²) in [6.45, 7) is 0. The molecule has 0 aliphatic rings. The topological polar surface area (TPSA) is 38.9 Å². The van der Waals surface area contributed by atoms with E-state index in [-0.39, 0.29) is 16.7 Å². The van der Waals surface area contributed by atoms with Gasteiger partial charge in [0.05, 0.1) is 11.4 Å². The van der Waals surface area contributed by atoms with Gasteiger partial charge < -0.3 is 4.42 Å². The lowest BCUT2D eigenvalue weighted by molar-refractivity contribution is 0.496. The standard InChI is InChI=1S/C17H10BrClF2N2O/c18-12-5-10(6-14(21)8-12)7-17-23-22-16(24-17)4-2-11-1-3-13(20)9-15(11)19/h1-6,8-9H,7H2. The van der Waals surface area contributed by atoms with Gasteiger partial charge >= 0.3 is 0 Å². The Hall–Kier alpha value is -2.05. The minimum atomic E-state index is -0.404. The third-order valence-electron chi connectivity index (χ3n) is 3.13. The normalized spacial score (nSPS) is 11.3. The van der Waals surface area contributed by atoms with Crippen molar-refractivity contribution in [2.45, 2.75) is 6.42 Å². The van der Waals surface area contributed by atoms with Crippen LogP contribution in [-0.2, 0) is 6.42 Å². The molecule has 0 saturated carbocycles. The molecule has 24 heavy (non-hydrogen) atoms. The van der Waals surface area contributed by atoms with Crippen LogP contribution in [0, 0.1) is 11.6 Å².